The van der Waals surface area contributed by atoms with Crippen LogP contribution < -0.4 is 21.3 Å². The summed E-state index contributed by atoms with van der Waals surface area (Å²) in [7, 11) is 0. The highest BCUT2D eigenvalue weighted by Crippen LogP contribution is 2.28. The second-order valence-electron chi connectivity index (χ2n) is 13.5. The number of aliphatic hydroxyl groups excluding tert-OH is 2. The number of urea groups is 2. The molecule has 0 saturated carbocycles. The third kappa shape index (κ3) is 9.00. The predicted molar refractivity (Wildman–Crippen MR) is 204 cm³/mol. The Morgan fingerprint density at radius 3 is 1.51 bits per heavy atom. The number of hydrogen-bond donors (Lipinski definition) is 6. The van der Waals surface area contributed by atoms with Crippen molar-refractivity contribution >= 4 is 35.3 Å². The molecule has 55 heavy (non-hydrogen) atoms. The molecule has 0 unspecified atom stereocenters. The molecule has 2 fully saturated rings. The lowest BCUT2D eigenvalue weighted by Crippen LogP contribution is -2.41. The van der Waals surface area contributed by atoms with Gasteiger partial charge in [0.1, 0.15) is 0 Å². The van der Waals surface area contributed by atoms with Gasteiger partial charge in [0.15, 0.2) is 18.0 Å². The van der Waals surface area contributed by atoms with E-state index in [4.69, 9.17) is 4.42 Å². The Balaban J connectivity index is 0.852. The van der Waals surface area contributed by atoms with E-state index in [0.717, 1.165) is 5.56 Å². The Morgan fingerprint density at radius 2 is 1.05 bits per heavy atom. The number of rotatable bonds is 10. The first kappa shape index (κ1) is 36.8. The first-order valence-electron chi connectivity index (χ1n) is 18.1. The van der Waals surface area contributed by atoms with Crippen molar-refractivity contribution in [2.24, 2.45) is 0 Å². The topological polar surface area (TPSA) is 189 Å². The number of aliphatic hydroxyl groups is 2. The van der Waals surface area contributed by atoms with Crippen LogP contribution in [0.15, 0.2) is 120 Å². The number of amides is 6. The van der Waals surface area contributed by atoms with Crippen molar-refractivity contribution in [2.45, 2.75) is 37.1 Å². The molecule has 4 aromatic carbocycles. The zero-order valence-corrected chi connectivity index (χ0v) is 29.8. The number of oxazole rings is 1. The molecule has 4 atom stereocenters. The Hall–Kier alpha value is -6.51. The van der Waals surface area contributed by atoms with Crippen molar-refractivity contribution in [2.75, 3.05) is 36.8 Å². The minimum Gasteiger partial charge on any atom is -0.436 e. The number of nitrogens with zero attached hydrogens (tertiary/aromatic N) is 3. The Bertz CT molecular complexity index is 1960. The van der Waals surface area contributed by atoms with Gasteiger partial charge in [-0.25, -0.2) is 14.6 Å². The van der Waals surface area contributed by atoms with E-state index in [1.54, 1.807) is 113 Å². The average molecular weight is 744 g/mol. The van der Waals surface area contributed by atoms with Gasteiger partial charge in [-0.3, -0.25) is 9.59 Å². The van der Waals surface area contributed by atoms with Gasteiger partial charge in [0, 0.05) is 60.8 Å². The lowest BCUT2D eigenvalue weighted by atomic mass is 10.1. The van der Waals surface area contributed by atoms with Crippen LogP contribution in [0.25, 0.3) is 22.8 Å². The monoisotopic (exact) mass is 743 g/mol. The molecule has 0 radical (unpaired) electrons. The first-order valence-corrected chi connectivity index (χ1v) is 18.1. The van der Waals surface area contributed by atoms with E-state index in [0.29, 0.717) is 78.7 Å². The zero-order valence-electron chi connectivity index (χ0n) is 29.8. The summed E-state index contributed by atoms with van der Waals surface area (Å²) in [6, 6.07) is 30.4. The normalized spacial score (nSPS) is 17.6. The van der Waals surface area contributed by atoms with Gasteiger partial charge in [-0.2, -0.15) is 0 Å². The molecule has 1 aromatic heterocycles. The number of likely N-dealkylation sites (tertiary alicyclic amines) is 2. The molecule has 14 heteroatoms. The van der Waals surface area contributed by atoms with E-state index in [1.807, 2.05) is 12.1 Å². The summed E-state index contributed by atoms with van der Waals surface area (Å²) in [5, 5.41) is 32.4. The van der Waals surface area contributed by atoms with E-state index in [9.17, 15) is 29.4 Å². The van der Waals surface area contributed by atoms with Crippen molar-refractivity contribution in [1.29, 1.82) is 0 Å². The van der Waals surface area contributed by atoms with Gasteiger partial charge in [0.05, 0.1) is 6.20 Å². The van der Waals surface area contributed by atoms with Gasteiger partial charge in [0.2, 0.25) is 5.89 Å². The smallest absolute Gasteiger partial charge is 0.319 e. The summed E-state index contributed by atoms with van der Waals surface area (Å²) in [5.74, 6) is 0.145. The molecule has 3 heterocycles. The van der Waals surface area contributed by atoms with Gasteiger partial charge in [0.25, 0.3) is 11.8 Å². The number of hydrogen-bond acceptors (Lipinski definition) is 8. The number of benzene rings is 4. The van der Waals surface area contributed by atoms with Gasteiger partial charge < -0.3 is 45.7 Å². The van der Waals surface area contributed by atoms with E-state index < -0.39 is 24.3 Å². The Labute approximate surface area is 317 Å². The molecule has 6 amide bonds. The second kappa shape index (κ2) is 16.7. The Kier molecular flexibility index (Phi) is 11.2. The summed E-state index contributed by atoms with van der Waals surface area (Å²) in [4.78, 5) is 58.5. The third-order valence-corrected chi connectivity index (χ3v) is 9.69. The zero-order chi connectivity index (χ0) is 38.3. The minimum absolute atomic E-state index is 0.246. The number of carbonyl (C=O) groups excluding carboxylic acids is 4. The molecular formula is C41H41N7O7. The van der Waals surface area contributed by atoms with Crippen LogP contribution in [-0.4, -0.2) is 87.1 Å². The summed E-state index contributed by atoms with van der Waals surface area (Å²) in [6.45, 7) is 1.49. The third-order valence-electron chi connectivity index (χ3n) is 9.69. The second-order valence-corrected chi connectivity index (χ2v) is 13.5. The maximum atomic E-state index is 12.8. The van der Waals surface area contributed by atoms with Crippen LogP contribution in [0.5, 0.6) is 0 Å². The molecule has 0 bridgehead atoms. The van der Waals surface area contributed by atoms with Gasteiger partial charge in [-0.15, -0.1) is 0 Å². The highest BCUT2D eigenvalue weighted by Gasteiger charge is 2.32. The van der Waals surface area contributed by atoms with Crippen LogP contribution >= 0.6 is 0 Å². The van der Waals surface area contributed by atoms with E-state index in [-0.39, 0.29) is 23.9 Å². The van der Waals surface area contributed by atoms with Crippen LogP contribution in [0.3, 0.4) is 0 Å². The number of carbonyl (C=O) groups is 4. The SMILES string of the molecule is O=C(Nc1ccc(-c2cnc(-c3ccc(NC(=O)N[C@@H]4CCN(C(=O)[C@H](O)c5ccccc5)C4)cc3)o2)cc1)N[C@@H]1CCN(C(=O)[C@H](O)c2ccccc2)C1. The maximum absolute atomic E-state index is 12.8. The van der Waals surface area contributed by atoms with Crippen LogP contribution in [0.4, 0.5) is 21.0 Å². The molecule has 282 valence electrons. The minimum atomic E-state index is -1.24. The average Bonchev–Trinajstić information content (AvgIpc) is 4.00. The quantitative estimate of drug-likeness (QED) is 0.116. The largest absolute Gasteiger partial charge is 0.436 e. The van der Waals surface area contributed by atoms with Crippen LogP contribution in [0.2, 0.25) is 0 Å². The highest BCUT2D eigenvalue weighted by molar-refractivity contribution is 5.91. The van der Waals surface area contributed by atoms with Crippen LogP contribution in [0, 0.1) is 0 Å². The van der Waals surface area contributed by atoms with Gasteiger partial charge in [-0.1, -0.05) is 60.7 Å². The van der Waals surface area contributed by atoms with Crippen molar-refractivity contribution in [3.05, 3.63) is 127 Å². The summed E-state index contributed by atoms with van der Waals surface area (Å²) < 4.78 is 6.01. The molecule has 2 aliphatic rings. The molecule has 7 rings (SSSR count). The summed E-state index contributed by atoms with van der Waals surface area (Å²) in [6.07, 6.45) is 0.285. The summed E-state index contributed by atoms with van der Waals surface area (Å²) in [5.41, 5.74) is 3.65. The first-order chi connectivity index (χ1) is 26.7. The van der Waals surface area contributed by atoms with Crippen molar-refractivity contribution in [1.82, 2.24) is 25.4 Å². The van der Waals surface area contributed by atoms with Crippen molar-refractivity contribution < 1.29 is 33.8 Å². The predicted octanol–water partition coefficient (Wildman–Crippen LogP) is 4.92. The number of nitrogens with one attached hydrogen (secondary N) is 4. The lowest BCUT2D eigenvalue weighted by molar-refractivity contribution is -0.140. The van der Waals surface area contributed by atoms with Gasteiger partial charge in [-0.05, 0) is 72.5 Å². The molecule has 0 aliphatic carbocycles. The standard InChI is InChI=1S/C41H41N7O7/c49-35(27-7-3-1-4-8-27)38(51)47-21-19-32(24-47)45-40(53)43-30-15-11-26(12-16-30)34-23-42-37(55-34)29-13-17-31(18-14-29)44-41(54)46-33-20-22-48(25-33)39(52)36(50)28-9-5-2-6-10-28/h1-18,23,32-33,35-36,49-50H,19-22,24-25H2,(H2,43,45,53)(H2,44,46,54)/t32-,33-,35-,36-/m1/s1. The van der Waals surface area contributed by atoms with Crippen LogP contribution in [-0.2, 0) is 9.59 Å². The fourth-order valence-electron chi connectivity index (χ4n) is 6.72. The molecule has 6 N–H and O–H groups in total. The number of anilines is 2. The van der Waals surface area contributed by atoms with Gasteiger partial charge >= 0.3 is 12.1 Å². The number of aromatic nitrogens is 1. The molecule has 2 saturated heterocycles. The van der Waals surface area contributed by atoms with E-state index in [1.165, 1.54) is 0 Å². The lowest BCUT2D eigenvalue weighted by Gasteiger charge is -2.20. The molecule has 0 spiro atoms. The molecule has 2 aliphatic heterocycles. The van der Waals surface area contributed by atoms with E-state index >= 15 is 0 Å². The molecule has 5 aromatic rings. The summed E-state index contributed by atoms with van der Waals surface area (Å²) >= 11 is 0. The molecule has 14 nitrogen and oxygen atoms in total. The Morgan fingerprint density at radius 1 is 0.618 bits per heavy atom. The highest BCUT2D eigenvalue weighted by atomic mass is 16.4. The van der Waals surface area contributed by atoms with E-state index in [2.05, 4.69) is 26.3 Å². The fourth-order valence-corrected chi connectivity index (χ4v) is 6.72. The maximum Gasteiger partial charge on any atom is 0.319 e. The molecular weight excluding hydrogens is 702 g/mol. The fraction of sp³-hybridized carbons (Fsp3) is 0.244. The van der Waals surface area contributed by atoms with Crippen LogP contribution in [0.1, 0.15) is 36.2 Å². The van der Waals surface area contributed by atoms with Crippen molar-refractivity contribution in [3.63, 3.8) is 0 Å². The van der Waals surface area contributed by atoms with Crippen molar-refractivity contribution in [3.8, 4) is 22.8 Å².